The highest BCUT2D eigenvalue weighted by Gasteiger charge is 2.13. The Balaban J connectivity index is 2.22. The van der Waals surface area contributed by atoms with Gasteiger partial charge in [0.15, 0.2) is 11.0 Å². The van der Waals surface area contributed by atoms with Crippen molar-refractivity contribution in [2.24, 2.45) is 17.9 Å². The average molecular weight is 297 g/mol. The summed E-state index contributed by atoms with van der Waals surface area (Å²) in [6.07, 6.45) is 0. The summed E-state index contributed by atoms with van der Waals surface area (Å²) in [4.78, 5) is 11.2. The number of aromatic nitrogens is 3. The summed E-state index contributed by atoms with van der Waals surface area (Å²) in [5, 5.41) is 17.9. The zero-order valence-corrected chi connectivity index (χ0v) is 11.3. The van der Waals surface area contributed by atoms with Crippen molar-refractivity contribution in [1.29, 1.82) is 0 Å². The molecule has 9 heteroatoms. The molecule has 0 saturated carbocycles. The van der Waals surface area contributed by atoms with Crippen LogP contribution in [0.2, 0.25) is 0 Å². The van der Waals surface area contributed by atoms with Gasteiger partial charge in [-0.25, -0.2) is 14.3 Å². The molecule has 20 heavy (non-hydrogen) atoms. The maximum atomic E-state index is 14.1. The van der Waals surface area contributed by atoms with Crippen LogP contribution in [0.5, 0.6) is 0 Å². The highest BCUT2D eigenvalue weighted by Crippen LogP contribution is 2.22. The Hall–Kier alpha value is -2.29. The number of nitrogens with one attached hydrogen (secondary N) is 1. The first kappa shape index (κ1) is 14.1. The lowest BCUT2D eigenvalue weighted by atomic mass is 10.1. The van der Waals surface area contributed by atoms with Gasteiger partial charge in [-0.1, -0.05) is 29.1 Å². The number of aromatic amines is 1. The minimum absolute atomic E-state index is 0.0292. The van der Waals surface area contributed by atoms with Crippen molar-refractivity contribution >= 4 is 17.6 Å². The molecule has 0 aliphatic rings. The van der Waals surface area contributed by atoms with E-state index in [2.05, 4.69) is 15.4 Å². The van der Waals surface area contributed by atoms with Crippen molar-refractivity contribution in [3.05, 3.63) is 45.6 Å². The third-order valence-electron chi connectivity index (χ3n) is 2.66. The Bertz CT molecular complexity index is 709. The lowest BCUT2D eigenvalue weighted by Crippen LogP contribution is -2.16. The van der Waals surface area contributed by atoms with Crippen LogP contribution in [0.1, 0.15) is 11.1 Å². The van der Waals surface area contributed by atoms with Gasteiger partial charge in [-0.05, 0) is 11.6 Å². The third-order valence-corrected chi connectivity index (χ3v) is 3.74. The van der Waals surface area contributed by atoms with Gasteiger partial charge < -0.3 is 10.9 Å². The summed E-state index contributed by atoms with van der Waals surface area (Å²) in [6, 6.07) is 4.61. The van der Waals surface area contributed by atoms with E-state index in [9.17, 15) is 9.18 Å². The van der Waals surface area contributed by atoms with Gasteiger partial charge in [-0.15, -0.1) is 5.10 Å². The van der Waals surface area contributed by atoms with Crippen LogP contribution in [0.15, 0.2) is 33.3 Å². The topological polar surface area (TPSA) is 109 Å². The Morgan fingerprint density at radius 3 is 3.00 bits per heavy atom. The van der Waals surface area contributed by atoms with Crippen molar-refractivity contribution in [2.45, 2.75) is 10.9 Å². The van der Waals surface area contributed by atoms with E-state index in [0.717, 1.165) is 0 Å². The molecular weight excluding hydrogens is 285 g/mol. The molecule has 2 rings (SSSR count). The molecule has 1 aromatic carbocycles. The molecule has 0 saturated heterocycles. The highest BCUT2D eigenvalue weighted by atomic mass is 32.2. The molecule has 0 aliphatic carbocycles. The number of H-pyrrole nitrogens is 1. The molecule has 4 N–H and O–H groups in total. The van der Waals surface area contributed by atoms with Crippen LogP contribution in [-0.2, 0) is 12.8 Å². The number of nitrogens with two attached hydrogens (primary N) is 1. The van der Waals surface area contributed by atoms with Gasteiger partial charge in [0.25, 0.3) is 0 Å². The number of rotatable bonds is 4. The molecule has 2 aromatic rings. The van der Waals surface area contributed by atoms with E-state index < -0.39 is 5.82 Å². The normalized spacial score (nSPS) is 11.8. The van der Waals surface area contributed by atoms with Crippen molar-refractivity contribution in [3.8, 4) is 0 Å². The van der Waals surface area contributed by atoms with Crippen LogP contribution < -0.4 is 11.4 Å². The summed E-state index contributed by atoms with van der Waals surface area (Å²) >= 11 is 1.20. The fourth-order valence-electron chi connectivity index (χ4n) is 1.55. The predicted octanol–water partition coefficient (Wildman–Crippen LogP) is 0.634. The van der Waals surface area contributed by atoms with Gasteiger partial charge in [0.1, 0.15) is 5.82 Å². The van der Waals surface area contributed by atoms with E-state index in [1.165, 1.54) is 22.4 Å². The van der Waals surface area contributed by atoms with Crippen LogP contribution in [0.3, 0.4) is 0 Å². The first-order chi connectivity index (χ1) is 9.54. The van der Waals surface area contributed by atoms with Gasteiger partial charge in [0.2, 0.25) is 0 Å². The number of hydrogen-bond acceptors (Lipinski definition) is 5. The smallest absolute Gasteiger partial charge is 0.343 e. The van der Waals surface area contributed by atoms with Gasteiger partial charge >= 0.3 is 5.69 Å². The van der Waals surface area contributed by atoms with Gasteiger partial charge in [0.05, 0.1) is 5.56 Å². The van der Waals surface area contributed by atoms with Crippen molar-refractivity contribution in [2.75, 3.05) is 0 Å². The first-order valence-electron chi connectivity index (χ1n) is 5.54. The number of thioether (sulfide) groups is 1. The number of nitrogens with zero attached hydrogens (tertiary/aromatic N) is 3. The number of amidine groups is 1. The van der Waals surface area contributed by atoms with Crippen LogP contribution in [0.25, 0.3) is 0 Å². The highest BCUT2D eigenvalue weighted by molar-refractivity contribution is 7.98. The Morgan fingerprint density at radius 1 is 1.65 bits per heavy atom. The number of hydrogen-bond donors (Lipinski definition) is 3. The lowest BCUT2D eigenvalue weighted by molar-refractivity contribution is 0.318. The Labute approximate surface area is 117 Å². The average Bonchev–Trinajstić information content (AvgIpc) is 2.77. The van der Waals surface area contributed by atoms with Crippen LogP contribution in [0.4, 0.5) is 4.39 Å². The summed E-state index contributed by atoms with van der Waals surface area (Å²) < 4.78 is 15.5. The Morgan fingerprint density at radius 2 is 2.40 bits per heavy atom. The third kappa shape index (κ3) is 2.67. The maximum Gasteiger partial charge on any atom is 0.343 e. The van der Waals surface area contributed by atoms with E-state index in [0.29, 0.717) is 10.7 Å². The second kappa shape index (κ2) is 5.78. The van der Waals surface area contributed by atoms with Crippen molar-refractivity contribution in [1.82, 2.24) is 14.8 Å². The molecular formula is C11H12FN5O2S. The molecule has 0 fully saturated rings. The van der Waals surface area contributed by atoms with Gasteiger partial charge in [0, 0.05) is 12.8 Å². The summed E-state index contributed by atoms with van der Waals surface area (Å²) in [7, 11) is 1.57. The van der Waals surface area contributed by atoms with Crippen molar-refractivity contribution in [3.63, 3.8) is 0 Å². The molecule has 0 bridgehead atoms. The first-order valence-corrected chi connectivity index (χ1v) is 6.52. The SMILES string of the molecule is Cn1c(SCc2cccc(/C(N)=N/O)c2F)n[nH]c1=O. The molecule has 106 valence electrons. The molecule has 1 aromatic heterocycles. The maximum absolute atomic E-state index is 14.1. The lowest BCUT2D eigenvalue weighted by Gasteiger charge is -2.06. The summed E-state index contributed by atoms with van der Waals surface area (Å²) in [5.41, 5.74) is 5.45. The minimum Gasteiger partial charge on any atom is -0.409 e. The molecule has 1 heterocycles. The van der Waals surface area contributed by atoms with E-state index >= 15 is 0 Å². The molecule has 0 amide bonds. The summed E-state index contributed by atoms with van der Waals surface area (Å²) in [5.74, 6) is -0.589. The number of oxime groups is 1. The van der Waals surface area contributed by atoms with E-state index in [1.807, 2.05) is 0 Å². The second-order valence-corrected chi connectivity index (χ2v) is 4.87. The minimum atomic E-state index is -0.559. The molecule has 0 atom stereocenters. The van der Waals surface area contributed by atoms with E-state index in [1.54, 1.807) is 19.2 Å². The molecule has 7 nitrogen and oxygen atoms in total. The molecule has 0 radical (unpaired) electrons. The zero-order chi connectivity index (χ0) is 14.7. The molecule has 0 spiro atoms. The fourth-order valence-corrected chi connectivity index (χ4v) is 2.44. The zero-order valence-electron chi connectivity index (χ0n) is 10.5. The number of halogens is 1. The van der Waals surface area contributed by atoms with Crippen LogP contribution in [0, 0.1) is 5.82 Å². The summed E-state index contributed by atoms with van der Waals surface area (Å²) in [6.45, 7) is 0. The van der Waals surface area contributed by atoms with Gasteiger partial charge in [-0.2, -0.15) is 0 Å². The Kier molecular flexibility index (Phi) is 4.08. The second-order valence-electron chi connectivity index (χ2n) is 3.92. The molecule has 0 unspecified atom stereocenters. The largest absolute Gasteiger partial charge is 0.409 e. The number of benzene rings is 1. The molecule has 0 aliphatic heterocycles. The quantitative estimate of drug-likeness (QED) is 0.252. The van der Waals surface area contributed by atoms with Crippen molar-refractivity contribution < 1.29 is 9.60 Å². The van der Waals surface area contributed by atoms with E-state index in [4.69, 9.17) is 10.9 Å². The van der Waals surface area contributed by atoms with E-state index in [-0.39, 0.29) is 22.8 Å². The van der Waals surface area contributed by atoms with Gasteiger partial charge in [-0.3, -0.25) is 4.57 Å². The predicted molar refractivity (Wildman–Crippen MR) is 72.3 cm³/mol. The van der Waals surface area contributed by atoms with Crippen LogP contribution in [-0.4, -0.2) is 25.8 Å². The fraction of sp³-hybridized carbons (Fsp3) is 0.182. The van der Waals surface area contributed by atoms with Crippen LogP contribution >= 0.6 is 11.8 Å². The monoisotopic (exact) mass is 297 g/mol. The standard InChI is InChI=1S/C11H12FN5O2S/c1-17-10(18)14-15-11(17)20-5-6-3-2-4-7(8(6)12)9(13)16-19/h2-4,19H,5H2,1H3,(H2,13,16)(H,14,18).